The van der Waals surface area contributed by atoms with Gasteiger partial charge in [-0.2, -0.15) is 0 Å². The van der Waals surface area contributed by atoms with Crippen LogP contribution in [-0.2, 0) is 0 Å². The first-order valence-electron chi connectivity index (χ1n) is 4.93. The van der Waals surface area contributed by atoms with Gasteiger partial charge < -0.3 is 10.6 Å². The minimum Gasteiger partial charge on any atom is -0.369 e. The molecule has 2 rings (SSSR count). The highest BCUT2D eigenvalue weighted by Crippen LogP contribution is 2.11. The molecule has 1 aromatic heterocycles. The van der Waals surface area contributed by atoms with Crippen LogP contribution in [-0.4, -0.2) is 24.1 Å². The minimum absolute atomic E-state index is 0.612. The van der Waals surface area contributed by atoms with Gasteiger partial charge in [-0.05, 0) is 47.4 Å². The average Bonchev–Trinajstić information content (AvgIpc) is 2.70. The van der Waals surface area contributed by atoms with E-state index in [9.17, 15) is 0 Å². The van der Waals surface area contributed by atoms with Gasteiger partial charge in [0.1, 0.15) is 5.82 Å². The molecule has 3 nitrogen and oxygen atoms in total. The van der Waals surface area contributed by atoms with E-state index in [1.54, 1.807) is 0 Å². The molecule has 1 unspecified atom stereocenters. The predicted octanol–water partition coefficient (Wildman–Crippen LogP) is 2.01. The third-order valence-corrected chi connectivity index (χ3v) is 2.89. The molecule has 1 saturated heterocycles. The number of anilines is 1. The number of aromatic nitrogens is 1. The number of hydrogen-bond acceptors (Lipinski definition) is 3. The van der Waals surface area contributed by atoms with E-state index in [1.165, 1.54) is 12.8 Å². The van der Waals surface area contributed by atoms with Crippen molar-refractivity contribution in [1.82, 2.24) is 10.3 Å². The van der Waals surface area contributed by atoms with Crippen molar-refractivity contribution in [3.63, 3.8) is 0 Å². The second-order valence-corrected chi connectivity index (χ2v) is 4.45. The first-order valence-corrected chi connectivity index (χ1v) is 5.73. The van der Waals surface area contributed by atoms with Crippen LogP contribution in [0.4, 0.5) is 5.82 Å². The van der Waals surface area contributed by atoms with E-state index >= 15 is 0 Å². The first kappa shape index (κ1) is 9.93. The van der Waals surface area contributed by atoms with Gasteiger partial charge in [-0.25, -0.2) is 4.98 Å². The fraction of sp³-hybridized carbons (Fsp3) is 0.500. The number of halogens is 1. The zero-order valence-corrected chi connectivity index (χ0v) is 9.55. The Balaban J connectivity index is 1.82. The molecule has 2 heterocycles. The molecule has 0 radical (unpaired) electrons. The van der Waals surface area contributed by atoms with E-state index in [0.29, 0.717) is 6.04 Å². The lowest BCUT2D eigenvalue weighted by molar-refractivity contribution is 0.632. The Morgan fingerprint density at radius 2 is 2.50 bits per heavy atom. The van der Waals surface area contributed by atoms with E-state index in [4.69, 9.17) is 0 Å². The fourth-order valence-corrected chi connectivity index (χ4v) is 1.87. The largest absolute Gasteiger partial charge is 0.369 e. The maximum atomic E-state index is 4.25. The second kappa shape index (κ2) is 4.75. The summed E-state index contributed by atoms with van der Waals surface area (Å²) in [6.45, 7) is 2.12. The van der Waals surface area contributed by atoms with Gasteiger partial charge in [0.25, 0.3) is 0 Å². The number of pyridine rings is 1. The molecule has 1 atom stereocenters. The summed E-state index contributed by atoms with van der Waals surface area (Å²) in [7, 11) is 0. The first-order chi connectivity index (χ1) is 6.84. The Morgan fingerprint density at radius 3 is 3.14 bits per heavy atom. The summed E-state index contributed by atoms with van der Waals surface area (Å²) in [4.78, 5) is 4.25. The van der Waals surface area contributed by atoms with Gasteiger partial charge in [-0.1, -0.05) is 0 Å². The monoisotopic (exact) mass is 255 g/mol. The number of nitrogens with one attached hydrogen (secondary N) is 2. The molecule has 0 aromatic carbocycles. The summed E-state index contributed by atoms with van der Waals surface area (Å²) in [6, 6.07) is 4.59. The molecular weight excluding hydrogens is 242 g/mol. The lowest BCUT2D eigenvalue weighted by Crippen LogP contribution is -2.29. The molecule has 1 fully saturated rings. The Kier molecular flexibility index (Phi) is 3.37. The van der Waals surface area contributed by atoms with Crippen LogP contribution in [0.25, 0.3) is 0 Å². The summed E-state index contributed by atoms with van der Waals surface area (Å²) in [5.41, 5.74) is 0. The van der Waals surface area contributed by atoms with Crippen molar-refractivity contribution < 1.29 is 0 Å². The van der Waals surface area contributed by atoms with Gasteiger partial charge in [-0.3, -0.25) is 0 Å². The third kappa shape index (κ3) is 2.69. The zero-order valence-electron chi connectivity index (χ0n) is 7.96. The van der Waals surface area contributed by atoms with Crippen molar-refractivity contribution in [1.29, 1.82) is 0 Å². The highest BCUT2D eigenvalue weighted by molar-refractivity contribution is 9.10. The van der Waals surface area contributed by atoms with E-state index < -0.39 is 0 Å². The Labute approximate surface area is 92.4 Å². The van der Waals surface area contributed by atoms with Crippen LogP contribution in [0.2, 0.25) is 0 Å². The average molecular weight is 256 g/mol. The van der Waals surface area contributed by atoms with Crippen LogP contribution in [0.15, 0.2) is 22.8 Å². The standard InChI is InChI=1S/C10H14BrN3/c11-8-3-4-10(13-6-8)14-7-9-2-1-5-12-9/h3-4,6,9,12H,1-2,5,7H2,(H,13,14). The van der Waals surface area contributed by atoms with Gasteiger partial charge >= 0.3 is 0 Å². The van der Waals surface area contributed by atoms with E-state index in [-0.39, 0.29) is 0 Å². The van der Waals surface area contributed by atoms with Crippen molar-refractivity contribution in [3.8, 4) is 0 Å². The molecule has 2 N–H and O–H groups in total. The van der Waals surface area contributed by atoms with Crippen LogP contribution in [0.5, 0.6) is 0 Å². The highest BCUT2D eigenvalue weighted by Gasteiger charge is 2.12. The molecule has 0 amide bonds. The smallest absolute Gasteiger partial charge is 0.126 e. The SMILES string of the molecule is Brc1ccc(NCC2CCCN2)nc1. The Bertz CT molecular complexity index is 280. The van der Waals surface area contributed by atoms with Gasteiger partial charge in [0.2, 0.25) is 0 Å². The van der Waals surface area contributed by atoms with Crippen molar-refractivity contribution in [2.75, 3.05) is 18.4 Å². The molecule has 1 aliphatic heterocycles. The predicted molar refractivity (Wildman–Crippen MR) is 61.5 cm³/mol. The fourth-order valence-electron chi connectivity index (χ4n) is 1.64. The summed E-state index contributed by atoms with van der Waals surface area (Å²) in [5.74, 6) is 0.946. The molecule has 0 aliphatic carbocycles. The van der Waals surface area contributed by atoms with Crippen LogP contribution in [0.3, 0.4) is 0 Å². The normalized spacial score (nSPS) is 21.1. The van der Waals surface area contributed by atoms with E-state index in [0.717, 1.165) is 23.4 Å². The molecular formula is C10H14BrN3. The Morgan fingerprint density at radius 1 is 1.57 bits per heavy atom. The number of hydrogen-bond donors (Lipinski definition) is 2. The molecule has 0 bridgehead atoms. The van der Waals surface area contributed by atoms with Crippen LogP contribution < -0.4 is 10.6 Å². The lowest BCUT2D eigenvalue weighted by atomic mass is 10.2. The van der Waals surface area contributed by atoms with Crippen molar-refractivity contribution in [3.05, 3.63) is 22.8 Å². The second-order valence-electron chi connectivity index (χ2n) is 3.54. The maximum Gasteiger partial charge on any atom is 0.126 e. The Hall–Kier alpha value is -0.610. The van der Waals surface area contributed by atoms with Gasteiger partial charge in [-0.15, -0.1) is 0 Å². The van der Waals surface area contributed by atoms with Crippen LogP contribution in [0.1, 0.15) is 12.8 Å². The molecule has 0 spiro atoms. The number of nitrogens with zero attached hydrogens (tertiary/aromatic N) is 1. The molecule has 4 heteroatoms. The van der Waals surface area contributed by atoms with Crippen LogP contribution in [0, 0.1) is 0 Å². The summed E-state index contributed by atoms with van der Waals surface area (Å²) in [6.07, 6.45) is 4.37. The molecule has 0 saturated carbocycles. The molecule has 1 aliphatic rings. The molecule has 1 aromatic rings. The highest BCUT2D eigenvalue weighted by atomic mass is 79.9. The van der Waals surface area contributed by atoms with Crippen LogP contribution >= 0.6 is 15.9 Å². The minimum atomic E-state index is 0.612. The van der Waals surface area contributed by atoms with E-state index in [2.05, 4.69) is 31.5 Å². The summed E-state index contributed by atoms with van der Waals surface area (Å²) >= 11 is 3.36. The number of rotatable bonds is 3. The van der Waals surface area contributed by atoms with Crippen molar-refractivity contribution in [2.24, 2.45) is 0 Å². The van der Waals surface area contributed by atoms with Crippen molar-refractivity contribution in [2.45, 2.75) is 18.9 Å². The summed E-state index contributed by atoms with van der Waals surface area (Å²) in [5, 5.41) is 6.76. The zero-order chi connectivity index (χ0) is 9.80. The topological polar surface area (TPSA) is 37.0 Å². The molecule has 14 heavy (non-hydrogen) atoms. The van der Waals surface area contributed by atoms with Gasteiger partial charge in [0.15, 0.2) is 0 Å². The third-order valence-electron chi connectivity index (χ3n) is 2.42. The van der Waals surface area contributed by atoms with Gasteiger partial charge in [0.05, 0.1) is 0 Å². The molecule has 76 valence electrons. The van der Waals surface area contributed by atoms with E-state index in [1.807, 2.05) is 18.3 Å². The quantitative estimate of drug-likeness (QED) is 0.868. The van der Waals surface area contributed by atoms with Gasteiger partial charge in [0, 0.05) is 23.3 Å². The lowest BCUT2D eigenvalue weighted by Gasteiger charge is -2.11. The van der Waals surface area contributed by atoms with Crippen molar-refractivity contribution >= 4 is 21.7 Å². The summed E-state index contributed by atoms with van der Waals surface area (Å²) < 4.78 is 1.02. The maximum absolute atomic E-state index is 4.25.